The summed E-state index contributed by atoms with van der Waals surface area (Å²) in [6, 6.07) is 0. The van der Waals surface area contributed by atoms with Gasteiger partial charge < -0.3 is 0 Å². The van der Waals surface area contributed by atoms with Gasteiger partial charge in [0, 0.05) is 5.56 Å². The van der Waals surface area contributed by atoms with E-state index in [0.29, 0.717) is 5.15 Å². The molecule has 74 valence electrons. The summed E-state index contributed by atoms with van der Waals surface area (Å²) in [6.07, 6.45) is 4.69. The molecule has 1 aliphatic carbocycles. The van der Waals surface area contributed by atoms with Crippen molar-refractivity contribution in [3.63, 3.8) is 0 Å². The first-order valence-electron chi connectivity index (χ1n) is 4.69. The van der Waals surface area contributed by atoms with Crippen LogP contribution in [0.4, 0.5) is 0 Å². The number of fused-ring (bicyclic) bond motifs is 1. The van der Waals surface area contributed by atoms with Crippen molar-refractivity contribution < 1.29 is 0 Å². The molecule has 1 aliphatic rings. The number of halogens is 1. The highest BCUT2D eigenvalue weighted by Gasteiger charge is 2.26. The third-order valence-corrected chi connectivity index (χ3v) is 2.83. The molecule has 0 aromatic carbocycles. The Balaban J connectivity index is 2.62. The minimum atomic E-state index is 0.158. The van der Waals surface area contributed by atoms with Gasteiger partial charge in [-0.05, 0) is 24.3 Å². The molecule has 0 fully saturated rings. The maximum atomic E-state index is 6.06. The summed E-state index contributed by atoms with van der Waals surface area (Å²) >= 11 is 6.06. The second-order valence-corrected chi connectivity index (χ2v) is 4.84. The lowest BCUT2D eigenvalue weighted by Gasteiger charge is -2.27. The first-order chi connectivity index (χ1) is 6.49. The molecule has 3 heteroatoms. The molecule has 1 aromatic rings. The zero-order chi connectivity index (χ0) is 10.3. The van der Waals surface area contributed by atoms with Gasteiger partial charge in [0.05, 0.1) is 5.69 Å². The van der Waals surface area contributed by atoms with E-state index in [2.05, 4.69) is 36.8 Å². The van der Waals surface area contributed by atoms with Crippen molar-refractivity contribution in [2.75, 3.05) is 0 Å². The number of nitrogens with zero attached hydrogens (tertiary/aromatic N) is 2. The first-order valence-corrected chi connectivity index (χ1v) is 5.07. The van der Waals surface area contributed by atoms with Crippen LogP contribution in [0.1, 0.15) is 32.0 Å². The second-order valence-electron chi connectivity index (χ2n) is 4.48. The van der Waals surface area contributed by atoms with Gasteiger partial charge in [-0.2, -0.15) is 0 Å². The maximum Gasteiger partial charge on any atom is 0.136 e. The van der Waals surface area contributed by atoms with Crippen molar-refractivity contribution in [3.05, 3.63) is 28.8 Å². The summed E-state index contributed by atoms with van der Waals surface area (Å²) in [5.41, 5.74) is 3.44. The molecule has 0 bridgehead atoms. The Morgan fingerprint density at radius 2 is 2.07 bits per heavy atom. The van der Waals surface area contributed by atoms with Gasteiger partial charge in [-0.25, -0.2) is 9.97 Å². The average molecular weight is 209 g/mol. The highest BCUT2D eigenvalue weighted by Crippen LogP contribution is 2.37. The fraction of sp³-hybridized carbons (Fsp3) is 0.455. The Kier molecular flexibility index (Phi) is 2.11. The molecule has 2 rings (SSSR count). The van der Waals surface area contributed by atoms with Crippen molar-refractivity contribution >= 4 is 17.2 Å². The number of rotatable bonds is 0. The predicted molar refractivity (Wildman–Crippen MR) is 58.2 cm³/mol. The van der Waals surface area contributed by atoms with Crippen LogP contribution in [0.25, 0.3) is 5.57 Å². The van der Waals surface area contributed by atoms with Gasteiger partial charge in [-0.15, -0.1) is 0 Å². The normalized spacial score (nSPS) is 18.7. The van der Waals surface area contributed by atoms with Crippen molar-refractivity contribution in [1.82, 2.24) is 9.97 Å². The topological polar surface area (TPSA) is 25.8 Å². The molecular formula is C11H13ClN2. The van der Waals surface area contributed by atoms with Crippen LogP contribution >= 0.6 is 11.6 Å². The molecule has 1 heterocycles. The summed E-state index contributed by atoms with van der Waals surface area (Å²) in [6.45, 7) is 6.47. The molecule has 2 nitrogen and oxygen atoms in total. The molecule has 14 heavy (non-hydrogen) atoms. The number of aromatic nitrogens is 2. The number of hydrogen-bond donors (Lipinski definition) is 0. The Morgan fingerprint density at radius 3 is 2.79 bits per heavy atom. The molecule has 0 saturated carbocycles. The Labute approximate surface area is 89.0 Å². The Bertz CT molecular complexity index is 408. The number of allylic oxidation sites excluding steroid dienone is 2. The lowest BCUT2D eigenvalue weighted by molar-refractivity contribution is 0.470. The van der Waals surface area contributed by atoms with E-state index in [9.17, 15) is 0 Å². The molecule has 1 aromatic heterocycles. The molecule has 0 saturated heterocycles. The first kappa shape index (κ1) is 9.66. The highest BCUT2D eigenvalue weighted by molar-refractivity contribution is 6.30. The van der Waals surface area contributed by atoms with Gasteiger partial charge in [-0.3, -0.25) is 0 Å². The second kappa shape index (κ2) is 3.06. The molecule has 0 aliphatic heterocycles. The van der Waals surface area contributed by atoms with Crippen molar-refractivity contribution in [1.29, 1.82) is 0 Å². The quantitative estimate of drug-likeness (QED) is 0.613. The van der Waals surface area contributed by atoms with E-state index in [0.717, 1.165) is 17.7 Å². The van der Waals surface area contributed by atoms with Gasteiger partial charge in [0.15, 0.2) is 0 Å². The van der Waals surface area contributed by atoms with Crippen molar-refractivity contribution in [2.45, 2.75) is 27.2 Å². The monoisotopic (exact) mass is 208 g/mol. The van der Waals surface area contributed by atoms with E-state index in [-0.39, 0.29) is 5.41 Å². The lowest BCUT2D eigenvalue weighted by atomic mass is 9.79. The Hall–Kier alpha value is -0.890. The van der Waals surface area contributed by atoms with Crippen LogP contribution in [-0.2, 0) is 6.42 Å². The van der Waals surface area contributed by atoms with Crippen LogP contribution in [0.3, 0.4) is 0 Å². The highest BCUT2D eigenvalue weighted by atomic mass is 35.5. The summed E-state index contributed by atoms with van der Waals surface area (Å²) < 4.78 is 0. The zero-order valence-electron chi connectivity index (χ0n) is 8.63. The van der Waals surface area contributed by atoms with E-state index in [1.807, 2.05) is 0 Å². The maximum absolute atomic E-state index is 6.06. The molecule has 0 unspecified atom stereocenters. The van der Waals surface area contributed by atoms with Crippen LogP contribution < -0.4 is 0 Å². The van der Waals surface area contributed by atoms with Crippen LogP contribution in [0.5, 0.6) is 0 Å². The Morgan fingerprint density at radius 1 is 1.36 bits per heavy atom. The summed E-state index contributed by atoms with van der Waals surface area (Å²) in [5.74, 6) is 0. The van der Waals surface area contributed by atoms with Gasteiger partial charge in [0.1, 0.15) is 11.5 Å². The zero-order valence-corrected chi connectivity index (χ0v) is 9.39. The van der Waals surface area contributed by atoms with E-state index in [4.69, 9.17) is 11.6 Å². The van der Waals surface area contributed by atoms with E-state index in [1.54, 1.807) is 0 Å². The largest absolute Gasteiger partial charge is 0.236 e. The standard InChI is InChI=1S/C11H13ClN2/c1-7-4-11(2,3)5-8-9(7)13-6-14-10(8)12/h4,6H,5H2,1-3H3. The third-order valence-electron chi connectivity index (χ3n) is 2.51. The molecule has 0 radical (unpaired) electrons. The van der Waals surface area contributed by atoms with Crippen LogP contribution in [0, 0.1) is 5.41 Å². The van der Waals surface area contributed by atoms with Gasteiger partial charge in [-0.1, -0.05) is 31.5 Å². The van der Waals surface area contributed by atoms with Gasteiger partial charge >= 0.3 is 0 Å². The third kappa shape index (κ3) is 1.55. The fourth-order valence-electron chi connectivity index (χ4n) is 2.05. The van der Waals surface area contributed by atoms with E-state index >= 15 is 0 Å². The summed E-state index contributed by atoms with van der Waals surface area (Å²) in [4.78, 5) is 8.28. The molecule has 0 atom stereocenters. The lowest BCUT2D eigenvalue weighted by Crippen LogP contribution is -2.19. The molecule has 0 amide bonds. The average Bonchev–Trinajstić information content (AvgIpc) is 2.05. The van der Waals surface area contributed by atoms with E-state index in [1.165, 1.54) is 11.9 Å². The minimum absolute atomic E-state index is 0.158. The molecular weight excluding hydrogens is 196 g/mol. The predicted octanol–water partition coefficient (Wildman–Crippen LogP) is 3.12. The van der Waals surface area contributed by atoms with Gasteiger partial charge in [0.2, 0.25) is 0 Å². The summed E-state index contributed by atoms with van der Waals surface area (Å²) in [5, 5.41) is 0.593. The van der Waals surface area contributed by atoms with Crippen molar-refractivity contribution in [2.24, 2.45) is 5.41 Å². The fourth-order valence-corrected chi connectivity index (χ4v) is 2.25. The number of hydrogen-bond acceptors (Lipinski definition) is 2. The van der Waals surface area contributed by atoms with Crippen LogP contribution in [-0.4, -0.2) is 9.97 Å². The van der Waals surface area contributed by atoms with Crippen molar-refractivity contribution in [3.8, 4) is 0 Å². The molecule has 0 N–H and O–H groups in total. The van der Waals surface area contributed by atoms with Gasteiger partial charge in [0.25, 0.3) is 0 Å². The van der Waals surface area contributed by atoms with E-state index < -0.39 is 0 Å². The smallest absolute Gasteiger partial charge is 0.136 e. The SMILES string of the molecule is CC1=CC(C)(C)Cc2c(Cl)ncnc21. The van der Waals surface area contributed by atoms with Crippen LogP contribution in [0.15, 0.2) is 12.4 Å². The molecule has 0 spiro atoms. The van der Waals surface area contributed by atoms with Crippen LogP contribution in [0.2, 0.25) is 5.15 Å². The minimum Gasteiger partial charge on any atom is -0.236 e. The summed E-state index contributed by atoms with van der Waals surface area (Å²) in [7, 11) is 0.